The Morgan fingerprint density at radius 3 is 2.95 bits per heavy atom. The summed E-state index contributed by atoms with van der Waals surface area (Å²) in [5.41, 5.74) is 3.64. The highest BCUT2D eigenvalue weighted by atomic mass is 32.1. The monoisotopic (exact) mass is 289 g/mol. The van der Waals surface area contributed by atoms with E-state index in [0.29, 0.717) is 5.92 Å². The lowest BCUT2D eigenvalue weighted by atomic mass is 9.98. The molecule has 3 rings (SSSR count). The molecule has 1 aromatic carbocycles. The molecule has 5 heteroatoms. The molecule has 0 fully saturated rings. The molecule has 20 heavy (non-hydrogen) atoms. The van der Waals surface area contributed by atoms with E-state index in [1.807, 2.05) is 7.05 Å². The molecule has 1 unspecified atom stereocenters. The number of benzene rings is 1. The van der Waals surface area contributed by atoms with Crippen molar-refractivity contribution in [1.82, 2.24) is 14.9 Å². The maximum Gasteiger partial charge on any atom is 0.122 e. The number of nitrogens with one attached hydrogen (secondary N) is 1. The zero-order valence-electron chi connectivity index (χ0n) is 12.0. The predicted molar refractivity (Wildman–Crippen MR) is 80.5 cm³/mol. The van der Waals surface area contributed by atoms with Crippen LogP contribution in [0.4, 0.5) is 0 Å². The van der Waals surface area contributed by atoms with Crippen LogP contribution in [0.3, 0.4) is 0 Å². The van der Waals surface area contributed by atoms with Crippen LogP contribution in [0.2, 0.25) is 0 Å². The SMILES string of the molecule is CNC(c1ccc2c(c1)CCO2)c1snnc1C(C)C. The zero-order valence-corrected chi connectivity index (χ0v) is 12.8. The van der Waals surface area contributed by atoms with Gasteiger partial charge in [-0.25, -0.2) is 0 Å². The molecule has 0 bridgehead atoms. The number of hydrogen-bond donors (Lipinski definition) is 1. The first-order chi connectivity index (χ1) is 9.70. The summed E-state index contributed by atoms with van der Waals surface area (Å²) in [5.74, 6) is 1.41. The van der Waals surface area contributed by atoms with Gasteiger partial charge in [0.25, 0.3) is 0 Å². The van der Waals surface area contributed by atoms with Gasteiger partial charge in [0.15, 0.2) is 0 Å². The van der Waals surface area contributed by atoms with Crippen LogP contribution >= 0.6 is 11.5 Å². The number of rotatable bonds is 4. The third-order valence-electron chi connectivity index (χ3n) is 3.68. The molecule has 2 aromatic rings. The summed E-state index contributed by atoms with van der Waals surface area (Å²) >= 11 is 1.48. The minimum atomic E-state index is 0.151. The molecule has 1 atom stereocenters. The first-order valence-corrected chi connectivity index (χ1v) is 7.73. The molecule has 0 aliphatic carbocycles. The maximum absolute atomic E-state index is 5.58. The van der Waals surface area contributed by atoms with Gasteiger partial charge in [-0.05, 0) is 41.7 Å². The summed E-state index contributed by atoms with van der Waals surface area (Å²) in [6, 6.07) is 6.60. The fourth-order valence-electron chi connectivity index (χ4n) is 2.64. The van der Waals surface area contributed by atoms with E-state index >= 15 is 0 Å². The highest BCUT2D eigenvalue weighted by molar-refractivity contribution is 7.05. The van der Waals surface area contributed by atoms with Gasteiger partial charge in [-0.3, -0.25) is 0 Å². The van der Waals surface area contributed by atoms with Crippen molar-refractivity contribution >= 4 is 11.5 Å². The van der Waals surface area contributed by atoms with Crippen molar-refractivity contribution in [2.45, 2.75) is 32.2 Å². The first-order valence-electron chi connectivity index (χ1n) is 6.95. The van der Waals surface area contributed by atoms with Gasteiger partial charge in [-0.15, -0.1) is 5.10 Å². The van der Waals surface area contributed by atoms with Gasteiger partial charge in [-0.2, -0.15) is 0 Å². The van der Waals surface area contributed by atoms with Gasteiger partial charge >= 0.3 is 0 Å². The Morgan fingerprint density at radius 1 is 1.35 bits per heavy atom. The predicted octanol–water partition coefficient (Wildman–Crippen LogP) is 2.91. The van der Waals surface area contributed by atoms with Gasteiger partial charge in [0.1, 0.15) is 5.75 Å². The van der Waals surface area contributed by atoms with Crippen LogP contribution in [-0.2, 0) is 6.42 Å². The van der Waals surface area contributed by atoms with Crippen LogP contribution in [0, 0.1) is 0 Å². The van der Waals surface area contributed by atoms with Gasteiger partial charge in [0.2, 0.25) is 0 Å². The molecule has 1 N–H and O–H groups in total. The highest BCUT2D eigenvalue weighted by Gasteiger charge is 2.23. The van der Waals surface area contributed by atoms with Gasteiger partial charge in [0, 0.05) is 6.42 Å². The summed E-state index contributed by atoms with van der Waals surface area (Å²) in [5, 5.41) is 7.68. The van der Waals surface area contributed by atoms with Crippen molar-refractivity contribution in [1.29, 1.82) is 0 Å². The molecule has 0 saturated carbocycles. The van der Waals surface area contributed by atoms with Crippen LogP contribution < -0.4 is 10.1 Å². The molecule has 0 radical (unpaired) electrons. The molecule has 0 spiro atoms. The first kappa shape index (κ1) is 13.5. The molecule has 106 valence electrons. The smallest absolute Gasteiger partial charge is 0.122 e. The Morgan fingerprint density at radius 2 is 2.20 bits per heavy atom. The highest BCUT2D eigenvalue weighted by Crippen LogP contribution is 2.34. The Balaban J connectivity index is 1.99. The normalized spacial score (nSPS) is 15.2. The molecular weight excluding hydrogens is 270 g/mol. The van der Waals surface area contributed by atoms with Gasteiger partial charge < -0.3 is 10.1 Å². The number of aromatic nitrogens is 2. The van der Waals surface area contributed by atoms with E-state index in [0.717, 1.165) is 24.5 Å². The van der Waals surface area contributed by atoms with Crippen LogP contribution in [-0.4, -0.2) is 23.2 Å². The van der Waals surface area contributed by atoms with Gasteiger partial charge in [0.05, 0.1) is 23.2 Å². The molecular formula is C15H19N3OS. The van der Waals surface area contributed by atoms with Crippen LogP contribution in [0.15, 0.2) is 18.2 Å². The second-order valence-corrected chi connectivity index (χ2v) is 6.15. The molecule has 1 aliphatic heterocycles. The van der Waals surface area contributed by atoms with Crippen molar-refractivity contribution in [3.63, 3.8) is 0 Å². The second-order valence-electron chi connectivity index (χ2n) is 5.36. The molecule has 2 heterocycles. The maximum atomic E-state index is 5.58. The van der Waals surface area contributed by atoms with E-state index < -0.39 is 0 Å². The standard InChI is InChI=1S/C15H19N3OS/c1-9(2)13-15(20-18-17-13)14(16-3)11-4-5-12-10(8-11)6-7-19-12/h4-5,8-9,14,16H,6-7H2,1-3H3. The van der Waals surface area contributed by atoms with E-state index in [-0.39, 0.29) is 6.04 Å². The van der Waals surface area contributed by atoms with Crippen molar-refractivity contribution in [3.05, 3.63) is 39.9 Å². The summed E-state index contributed by atoms with van der Waals surface area (Å²) in [6.45, 7) is 5.11. The zero-order chi connectivity index (χ0) is 14.1. The molecule has 4 nitrogen and oxygen atoms in total. The Kier molecular flexibility index (Phi) is 3.72. The quantitative estimate of drug-likeness (QED) is 0.940. The van der Waals surface area contributed by atoms with Crippen molar-refractivity contribution in [2.24, 2.45) is 0 Å². The van der Waals surface area contributed by atoms with Crippen LogP contribution in [0.25, 0.3) is 0 Å². The van der Waals surface area contributed by atoms with Crippen molar-refractivity contribution < 1.29 is 4.74 Å². The number of nitrogens with zero attached hydrogens (tertiary/aromatic N) is 2. The minimum absolute atomic E-state index is 0.151. The lowest BCUT2D eigenvalue weighted by molar-refractivity contribution is 0.357. The molecule has 0 saturated heterocycles. The largest absolute Gasteiger partial charge is 0.493 e. The summed E-state index contributed by atoms with van der Waals surface area (Å²) in [7, 11) is 1.98. The second kappa shape index (κ2) is 5.50. The Bertz CT molecular complexity index is 609. The lowest BCUT2D eigenvalue weighted by Crippen LogP contribution is -2.18. The number of ether oxygens (including phenoxy) is 1. The fourth-order valence-corrected chi connectivity index (χ4v) is 3.59. The van der Waals surface area contributed by atoms with E-state index in [1.54, 1.807) is 0 Å². The fraction of sp³-hybridized carbons (Fsp3) is 0.467. The third-order valence-corrected chi connectivity index (χ3v) is 4.49. The molecule has 0 amide bonds. The van der Waals surface area contributed by atoms with Crippen molar-refractivity contribution in [3.8, 4) is 5.75 Å². The van der Waals surface area contributed by atoms with Crippen LogP contribution in [0.1, 0.15) is 47.5 Å². The third kappa shape index (κ3) is 2.31. The van der Waals surface area contributed by atoms with E-state index in [9.17, 15) is 0 Å². The minimum Gasteiger partial charge on any atom is -0.493 e. The van der Waals surface area contributed by atoms with E-state index in [1.165, 1.54) is 27.5 Å². The number of hydrogen-bond acceptors (Lipinski definition) is 5. The summed E-state index contributed by atoms with van der Waals surface area (Å²) in [6.07, 6.45) is 0.998. The summed E-state index contributed by atoms with van der Waals surface area (Å²) in [4.78, 5) is 1.21. The lowest BCUT2D eigenvalue weighted by Gasteiger charge is -2.17. The number of fused-ring (bicyclic) bond motifs is 1. The van der Waals surface area contributed by atoms with E-state index in [4.69, 9.17) is 4.74 Å². The topological polar surface area (TPSA) is 47.0 Å². The van der Waals surface area contributed by atoms with Gasteiger partial charge in [-0.1, -0.05) is 30.5 Å². The van der Waals surface area contributed by atoms with Crippen molar-refractivity contribution in [2.75, 3.05) is 13.7 Å². The average Bonchev–Trinajstić information content (AvgIpc) is 3.07. The van der Waals surface area contributed by atoms with Crippen LogP contribution in [0.5, 0.6) is 5.75 Å². The molecule has 1 aliphatic rings. The van der Waals surface area contributed by atoms with E-state index in [2.05, 4.69) is 47.0 Å². The Hall–Kier alpha value is -1.46. The average molecular weight is 289 g/mol. The Labute approximate surface area is 123 Å². The molecule has 1 aromatic heterocycles. The summed E-state index contributed by atoms with van der Waals surface area (Å²) < 4.78 is 9.71.